The molecule has 2 fully saturated rings. The molecule has 2 saturated carbocycles. The molecule has 2 aliphatic rings. The molecule has 0 aliphatic heterocycles. The van der Waals surface area contributed by atoms with Gasteiger partial charge in [-0.15, -0.1) is 0 Å². The molecule has 0 heterocycles. The summed E-state index contributed by atoms with van der Waals surface area (Å²) in [7, 11) is 0. The molecule has 3 N–H and O–H groups in total. The molecule has 0 bridgehead atoms. The SMILES string of the molecule is C1CCC(NC2CCCCC2)CC1.OCC(F)(F)C(F)(F)CO. The molecule has 0 aromatic heterocycles. The van der Waals surface area contributed by atoms with Crippen LogP contribution in [0.4, 0.5) is 17.6 Å². The van der Waals surface area contributed by atoms with Crippen LogP contribution in [0, 0.1) is 0 Å². The fourth-order valence-electron chi connectivity index (χ4n) is 3.10. The Morgan fingerprint density at radius 3 is 1.22 bits per heavy atom. The number of hydrogen-bond acceptors (Lipinski definition) is 3. The average Bonchev–Trinajstić information content (AvgIpc) is 2.57. The maximum absolute atomic E-state index is 11.8. The van der Waals surface area contributed by atoms with Gasteiger partial charge in [0.05, 0.1) is 0 Å². The molecule has 0 spiro atoms. The lowest BCUT2D eigenvalue weighted by molar-refractivity contribution is -0.239. The molecule has 0 saturated heterocycles. The van der Waals surface area contributed by atoms with Gasteiger partial charge in [0, 0.05) is 12.1 Å². The van der Waals surface area contributed by atoms with Gasteiger partial charge in [0.15, 0.2) is 0 Å². The van der Waals surface area contributed by atoms with Crippen molar-refractivity contribution >= 4 is 0 Å². The van der Waals surface area contributed by atoms with Crippen molar-refractivity contribution in [2.75, 3.05) is 13.2 Å². The molecule has 0 aromatic rings. The topological polar surface area (TPSA) is 52.5 Å². The molecule has 23 heavy (non-hydrogen) atoms. The van der Waals surface area contributed by atoms with Crippen LogP contribution in [0.2, 0.25) is 0 Å². The first-order valence-corrected chi connectivity index (χ1v) is 8.56. The van der Waals surface area contributed by atoms with Crippen molar-refractivity contribution in [3.8, 4) is 0 Å². The highest BCUT2D eigenvalue weighted by Gasteiger charge is 2.55. The quantitative estimate of drug-likeness (QED) is 0.670. The van der Waals surface area contributed by atoms with E-state index >= 15 is 0 Å². The smallest absolute Gasteiger partial charge is 0.334 e. The number of alkyl halides is 4. The van der Waals surface area contributed by atoms with E-state index in [2.05, 4.69) is 5.32 Å². The average molecular weight is 343 g/mol. The van der Waals surface area contributed by atoms with Gasteiger partial charge >= 0.3 is 11.8 Å². The zero-order chi connectivity index (χ0) is 17.3. The third-order valence-corrected chi connectivity index (χ3v) is 4.61. The molecule has 0 unspecified atom stereocenters. The van der Waals surface area contributed by atoms with Crippen molar-refractivity contribution in [2.24, 2.45) is 0 Å². The molecule has 0 amide bonds. The summed E-state index contributed by atoms with van der Waals surface area (Å²) in [6.45, 7) is -3.94. The van der Waals surface area contributed by atoms with Crippen LogP contribution in [-0.2, 0) is 0 Å². The maximum atomic E-state index is 11.8. The molecule has 2 aliphatic carbocycles. The van der Waals surface area contributed by atoms with Gasteiger partial charge in [0.2, 0.25) is 0 Å². The van der Waals surface area contributed by atoms with Crippen LogP contribution in [0.25, 0.3) is 0 Å². The number of halogens is 4. The Morgan fingerprint density at radius 1 is 0.652 bits per heavy atom. The van der Waals surface area contributed by atoms with Crippen LogP contribution in [0.5, 0.6) is 0 Å². The second-order valence-electron chi connectivity index (χ2n) is 6.56. The van der Waals surface area contributed by atoms with E-state index in [1.807, 2.05) is 0 Å². The summed E-state index contributed by atoms with van der Waals surface area (Å²) in [5.41, 5.74) is 0. The van der Waals surface area contributed by atoms with E-state index in [1.54, 1.807) is 0 Å². The van der Waals surface area contributed by atoms with Gasteiger partial charge in [-0.25, -0.2) is 0 Å². The first-order chi connectivity index (χ1) is 10.8. The Bertz CT molecular complexity index is 287. The van der Waals surface area contributed by atoms with E-state index < -0.39 is 25.1 Å². The molecule has 3 nitrogen and oxygen atoms in total. The lowest BCUT2D eigenvalue weighted by Gasteiger charge is -2.30. The van der Waals surface area contributed by atoms with Gasteiger partial charge < -0.3 is 15.5 Å². The molecular weight excluding hydrogens is 314 g/mol. The number of nitrogens with one attached hydrogen (secondary N) is 1. The monoisotopic (exact) mass is 343 g/mol. The Morgan fingerprint density at radius 2 is 0.957 bits per heavy atom. The predicted molar refractivity (Wildman–Crippen MR) is 80.9 cm³/mol. The summed E-state index contributed by atoms with van der Waals surface area (Å²) >= 11 is 0. The van der Waals surface area contributed by atoms with E-state index in [4.69, 9.17) is 10.2 Å². The third-order valence-electron chi connectivity index (χ3n) is 4.61. The van der Waals surface area contributed by atoms with Gasteiger partial charge in [-0.2, -0.15) is 17.6 Å². The summed E-state index contributed by atoms with van der Waals surface area (Å²) in [5, 5.41) is 19.3. The van der Waals surface area contributed by atoms with Crippen molar-refractivity contribution < 1.29 is 27.8 Å². The van der Waals surface area contributed by atoms with Crippen molar-refractivity contribution in [1.82, 2.24) is 5.32 Å². The lowest BCUT2D eigenvalue weighted by Crippen LogP contribution is -2.46. The van der Waals surface area contributed by atoms with Gasteiger partial charge in [-0.05, 0) is 25.7 Å². The number of hydrogen-bond donors (Lipinski definition) is 3. The number of rotatable bonds is 5. The summed E-state index contributed by atoms with van der Waals surface area (Å²) in [6.07, 6.45) is 14.6. The van der Waals surface area contributed by atoms with Crippen molar-refractivity contribution in [2.45, 2.75) is 88.1 Å². The summed E-state index contributed by atoms with van der Waals surface area (Å²) in [4.78, 5) is 0. The normalized spacial score (nSPS) is 21.7. The summed E-state index contributed by atoms with van der Waals surface area (Å²) < 4.78 is 47.1. The zero-order valence-electron chi connectivity index (χ0n) is 13.5. The molecule has 0 aromatic carbocycles. The maximum Gasteiger partial charge on any atom is 0.334 e. The Kier molecular flexibility index (Phi) is 8.79. The molecule has 7 heteroatoms. The molecule has 2 rings (SSSR count). The highest BCUT2D eigenvalue weighted by molar-refractivity contribution is 4.83. The van der Waals surface area contributed by atoms with E-state index in [0.29, 0.717) is 0 Å². The highest BCUT2D eigenvalue weighted by Crippen LogP contribution is 2.32. The van der Waals surface area contributed by atoms with E-state index in [9.17, 15) is 17.6 Å². The molecule has 138 valence electrons. The fraction of sp³-hybridized carbons (Fsp3) is 1.00. The minimum atomic E-state index is -4.54. The summed E-state index contributed by atoms with van der Waals surface area (Å²) in [6, 6.07) is 1.74. The first-order valence-electron chi connectivity index (χ1n) is 8.56. The molecule has 0 atom stereocenters. The van der Waals surface area contributed by atoms with Crippen molar-refractivity contribution in [1.29, 1.82) is 0 Å². The largest absolute Gasteiger partial charge is 0.390 e. The van der Waals surface area contributed by atoms with Crippen LogP contribution < -0.4 is 5.32 Å². The Labute approximate surface area is 135 Å². The van der Waals surface area contributed by atoms with Gasteiger partial charge in [0.1, 0.15) is 13.2 Å². The van der Waals surface area contributed by atoms with E-state index in [0.717, 1.165) is 12.1 Å². The third kappa shape index (κ3) is 6.93. The van der Waals surface area contributed by atoms with E-state index in [-0.39, 0.29) is 0 Å². The van der Waals surface area contributed by atoms with Gasteiger partial charge in [0.25, 0.3) is 0 Å². The second kappa shape index (κ2) is 9.79. The fourth-order valence-corrected chi connectivity index (χ4v) is 3.10. The lowest BCUT2D eigenvalue weighted by atomic mass is 9.91. The van der Waals surface area contributed by atoms with Gasteiger partial charge in [-0.1, -0.05) is 38.5 Å². The molecular formula is C16H29F4NO2. The van der Waals surface area contributed by atoms with E-state index in [1.165, 1.54) is 64.2 Å². The highest BCUT2D eigenvalue weighted by atomic mass is 19.3. The van der Waals surface area contributed by atoms with Crippen LogP contribution >= 0.6 is 0 Å². The number of aliphatic hydroxyl groups is 2. The Hall–Kier alpha value is -0.400. The minimum absolute atomic E-state index is 0.872. The van der Waals surface area contributed by atoms with Crippen LogP contribution in [0.15, 0.2) is 0 Å². The zero-order valence-corrected chi connectivity index (χ0v) is 13.5. The van der Waals surface area contributed by atoms with Crippen LogP contribution in [-0.4, -0.2) is 47.4 Å². The number of aliphatic hydroxyl groups excluding tert-OH is 2. The Balaban J connectivity index is 0.000000241. The summed E-state index contributed by atoms with van der Waals surface area (Å²) in [5.74, 6) is -9.08. The van der Waals surface area contributed by atoms with Crippen LogP contribution in [0.3, 0.4) is 0 Å². The van der Waals surface area contributed by atoms with Gasteiger partial charge in [-0.3, -0.25) is 0 Å². The first kappa shape index (κ1) is 20.6. The standard InChI is InChI=1S/C12H23N.C4H6F4O2/c1-3-7-11(8-4-1)13-12-9-5-2-6-10-12;5-3(6,1-9)4(7,8)2-10/h11-13H,1-10H2;9-10H,1-2H2. The van der Waals surface area contributed by atoms with Crippen LogP contribution in [0.1, 0.15) is 64.2 Å². The van der Waals surface area contributed by atoms with Crippen molar-refractivity contribution in [3.63, 3.8) is 0 Å². The predicted octanol–water partition coefficient (Wildman–Crippen LogP) is 3.48. The second-order valence-corrected chi connectivity index (χ2v) is 6.56. The molecule has 0 radical (unpaired) electrons. The minimum Gasteiger partial charge on any atom is -0.390 e. The van der Waals surface area contributed by atoms with Crippen molar-refractivity contribution in [3.05, 3.63) is 0 Å².